The molecule has 0 aliphatic heterocycles. The summed E-state index contributed by atoms with van der Waals surface area (Å²) in [6.07, 6.45) is 13.5. The maximum absolute atomic E-state index is 10.5. The summed E-state index contributed by atoms with van der Waals surface area (Å²) in [6, 6.07) is 0. The minimum atomic E-state index is -0.724. The Kier molecular flexibility index (Phi) is 18.3. The normalized spacial score (nSPS) is 11.1. The van der Waals surface area contributed by atoms with E-state index in [1.807, 2.05) is 12.2 Å². The highest BCUT2D eigenvalue weighted by atomic mass is 16.5. The van der Waals surface area contributed by atoms with Gasteiger partial charge >= 0.3 is 11.9 Å². The van der Waals surface area contributed by atoms with Crippen LogP contribution in [0.4, 0.5) is 0 Å². The first-order chi connectivity index (χ1) is 13.0. The maximum atomic E-state index is 10.5. The van der Waals surface area contributed by atoms with Gasteiger partial charge < -0.3 is 9.84 Å². The predicted molar refractivity (Wildman–Crippen MR) is 118 cm³/mol. The fourth-order valence-corrected chi connectivity index (χ4v) is 2.12. The minimum Gasteiger partial charge on any atom is -0.481 e. The number of carbonyl (C=O) groups excluding carboxylic acids is 1. The highest BCUT2D eigenvalue weighted by Gasteiger charge is 1.94. The summed E-state index contributed by atoms with van der Waals surface area (Å²) < 4.78 is 4.81. The third kappa shape index (κ3) is 26.1. The molecule has 0 bridgehead atoms. The summed E-state index contributed by atoms with van der Waals surface area (Å²) in [5.41, 5.74) is 5.23. The molecule has 0 aliphatic carbocycles. The highest BCUT2D eigenvalue weighted by Crippen LogP contribution is 2.08. The highest BCUT2D eigenvalue weighted by molar-refractivity contribution is 5.66. The van der Waals surface area contributed by atoms with Crippen molar-refractivity contribution < 1.29 is 19.4 Å². The van der Waals surface area contributed by atoms with E-state index < -0.39 is 5.97 Å². The maximum Gasteiger partial charge on any atom is 0.303 e. The van der Waals surface area contributed by atoms with Crippen molar-refractivity contribution in [1.82, 2.24) is 0 Å². The summed E-state index contributed by atoms with van der Waals surface area (Å²) >= 11 is 0. The SMILES string of the molecule is CC(=O)OCC=C(C)CCC=C(C)C.CC(C)=CCC/C(C)=C/CCC(=O)O. The van der Waals surface area contributed by atoms with Crippen molar-refractivity contribution in [3.63, 3.8) is 0 Å². The van der Waals surface area contributed by atoms with Gasteiger partial charge in [0.2, 0.25) is 0 Å². The molecule has 0 aromatic carbocycles. The first-order valence-electron chi connectivity index (χ1n) is 9.97. The molecule has 0 heterocycles. The number of hydrogen-bond donors (Lipinski definition) is 1. The fourth-order valence-electron chi connectivity index (χ4n) is 2.12. The number of carboxylic acid groups (broad SMARTS) is 1. The Balaban J connectivity index is 0. The molecule has 0 rings (SSSR count). The monoisotopic (exact) mass is 392 g/mol. The van der Waals surface area contributed by atoms with Crippen molar-refractivity contribution >= 4 is 11.9 Å². The Morgan fingerprint density at radius 2 is 1.11 bits per heavy atom. The molecule has 0 fully saturated rings. The Hall–Kier alpha value is -2.10. The van der Waals surface area contributed by atoms with E-state index in [2.05, 4.69) is 53.7 Å². The average Bonchev–Trinajstić information content (AvgIpc) is 2.54. The zero-order valence-corrected chi connectivity index (χ0v) is 18.9. The van der Waals surface area contributed by atoms with Gasteiger partial charge in [-0.3, -0.25) is 9.59 Å². The van der Waals surface area contributed by atoms with Gasteiger partial charge in [-0.1, -0.05) is 40.5 Å². The van der Waals surface area contributed by atoms with Crippen LogP contribution in [0, 0.1) is 0 Å². The molecule has 0 saturated carbocycles. The van der Waals surface area contributed by atoms with Crippen LogP contribution in [0.2, 0.25) is 0 Å². The molecular weight excluding hydrogens is 352 g/mol. The first-order valence-corrected chi connectivity index (χ1v) is 9.97. The number of esters is 1. The molecule has 0 atom stereocenters. The molecule has 4 nitrogen and oxygen atoms in total. The lowest BCUT2D eigenvalue weighted by molar-refractivity contribution is -0.140. The molecule has 1 N–H and O–H groups in total. The van der Waals surface area contributed by atoms with Crippen LogP contribution in [0.5, 0.6) is 0 Å². The van der Waals surface area contributed by atoms with Crippen LogP contribution in [0.1, 0.15) is 87.0 Å². The number of carbonyl (C=O) groups is 2. The van der Waals surface area contributed by atoms with E-state index >= 15 is 0 Å². The van der Waals surface area contributed by atoms with E-state index in [1.165, 1.54) is 29.2 Å². The van der Waals surface area contributed by atoms with E-state index in [1.54, 1.807) is 0 Å². The first kappa shape index (κ1) is 28.1. The van der Waals surface area contributed by atoms with Gasteiger partial charge in [-0.05, 0) is 79.7 Å². The van der Waals surface area contributed by atoms with Gasteiger partial charge in [0.1, 0.15) is 6.61 Å². The molecule has 0 spiro atoms. The second kappa shape index (κ2) is 18.3. The molecule has 0 saturated heterocycles. The Bertz CT molecular complexity index is 517. The largest absolute Gasteiger partial charge is 0.481 e. The summed E-state index contributed by atoms with van der Waals surface area (Å²) in [6.45, 7) is 14.3. The number of carboxylic acids is 1. The van der Waals surface area contributed by atoms with Gasteiger partial charge in [0, 0.05) is 13.3 Å². The second-order valence-corrected chi connectivity index (χ2v) is 7.48. The van der Waals surface area contributed by atoms with Gasteiger partial charge in [0.05, 0.1) is 0 Å². The van der Waals surface area contributed by atoms with E-state index in [0.29, 0.717) is 13.0 Å². The molecule has 0 radical (unpaired) electrons. The van der Waals surface area contributed by atoms with Gasteiger partial charge in [-0.2, -0.15) is 0 Å². The summed E-state index contributed by atoms with van der Waals surface area (Å²) in [5, 5.41) is 8.44. The molecule has 160 valence electrons. The lowest BCUT2D eigenvalue weighted by Gasteiger charge is -2.00. The summed E-state index contributed by atoms with van der Waals surface area (Å²) in [4.78, 5) is 20.7. The standard InChI is InChI=1S/2C12H20O2/c1-10(2)6-5-7-11(3)8-9-14-12(4)13;1-10(2)6-4-7-11(3)8-5-9-12(13)14/h6,8H,5,7,9H2,1-4H3;6,8H,4-5,7,9H2,1-3H3,(H,13,14)/b;11-8+. The smallest absolute Gasteiger partial charge is 0.303 e. The van der Waals surface area contributed by atoms with E-state index in [9.17, 15) is 9.59 Å². The molecule has 0 aliphatic rings. The zero-order chi connectivity index (χ0) is 21.9. The Morgan fingerprint density at radius 1 is 0.679 bits per heavy atom. The molecule has 0 aromatic heterocycles. The number of rotatable bonds is 11. The Morgan fingerprint density at radius 3 is 1.50 bits per heavy atom. The topological polar surface area (TPSA) is 63.6 Å². The van der Waals surface area contributed by atoms with Crippen LogP contribution in [-0.4, -0.2) is 23.7 Å². The molecule has 0 unspecified atom stereocenters. The van der Waals surface area contributed by atoms with Crippen molar-refractivity contribution in [2.45, 2.75) is 87.0 Å². The van der Waals surface area contributed by atoms with Gasteiger partial charge in [0.15, 0.2) is 0 Å². The van der Waals surface area contributed by atoms with E-state index in [4.69, 9.17) is 9.84 Å². The van der Waals surface area contributed by atoms with Crippen molar-refractivity contribution in [1.29, 1.82) is 0 Å². The van der Waals surface area contributed by atoms with Crippen LogP contribution in [0.25, 0.3) is 0 Å². The van der Waals surface area contributed by atoms with Crippen molar-refractivity contribution in [2.24, 2.45) is 0 Å². The Labute approximate surface area is 172 Å². The van der Waals surface area contributed by atoms with Crippen LogP contribution >= 0.6 is 0 Å². The molecule has 0 amide bonds. The van der Waals surface area contributed by atoms with Crippen molar-refractivity contribution in [2.75, 3.05) is 6.61 Å². The number of allylic oxidation sites excluding steroid dienone is 7. The quantitative estimate of drug-likeness (QED) is 0.311. The number of aliphatic carboxylic acids is 1. The average molecular weight is 393 g/mol. The molecule has 28 heavy (non-hydrogen) atoms. The van der Waals surface area contributed by atoms with E-state index in [-0.39, 0.29) is 12.4 Å². The lowest BCUT2D eigenvalue weighted by Crippen LogP contribution is -1.98. The second-order valence-electron chi connectivity index (χ2n) is 7.48. The fraction of sp³-hybridized carbons (Fsp3) is 0.583. The summed E-state index contributed by atoms with van der Waals surface area (Å²) in [5.74, 6) is -0.948. The lowest BCUT2D eigenvalue weighted by atomic mass is 10.1. The summed E-state index contributed by atoms with van der Waals surface area (Å²) in [7, 11) is 0. The van der Waals surface area contributed by atoms with Gasteiger partial charge in [-0.25, -0.2) is 0 Å². The van der Waals surface area contributed by atoms with Gasteiger partial charge in [0.25, 0.3) is 0 Å². The van der Waals surface area contributed by atoms with Crippen LogP contribution in [0.15, 0.2) is 46.6 Å². The minimum absolute atomic E-state index is 0.224. The molecule has 4 heteroatoms. The number of hydrogen-bond acceptors (Lipinski definition) is 3. The van der Waals surface area contributed by atoms with Crippen molar-refractivity contribution in [3.05, 3.63) is 46.6 Å². The van der Waals surface area contributed by atoms with Gasteiger partial charge in [-0.15, -0.1) is 0 Å². The van der Waals surface area contributed by atoms with Crippen LogP contribution < -0.4 is 0 Å². The predicted octanol–water partition coefficient (Wildman–Crippen LogP) is 6.79. The third-order valence-corrected chi connectivity index (χ3v) is 3.75. The van der Waals surface area contributed by atoms with Crippen LogP contribution in [-0.2, 0) is 14.3 Å². The number of ether oxygens (including phenoxy) is 1. The van der Waals surface area contributed by atoms with Crippen LogP contribution in [0.3, 0.4) is 0 Å². The zero-order valence-electron chi connectivity index (χ0n) is 18.9. The third-order valence-electron chi connectivity index (χ3n) is 3.75. The molecular formula is C24H40O4. The van der Waals surface area contributed by atoms with Crippen molar-refractivity contribution in [3.8, 4) is 0 Å². The molecule has 0 aromatic rings. The van der Waals surface area contributed by atoms with E-state index in [0.717, 1.165) is 25.7 Å².